The molecule has 2 fully saturated rings. The lowest BCUT2D eigenvalue weighted by atomic mass is 9.97. The molecule has 0 saturated carbocycles. The minimum atomic E-state index is -0.232. The van der Waals surface area contributed by atoms with E-state index in [1.54, 1.807) is 6.20 Å². The van der Waals surface area contributed by atoms with E-state index in [1.807, 2.05) is 37.1 Å². The van der Waals surface area contributed by atoms with Crippen LogP contribution < -0.4 is 0 Å². The average Bonchev–Trinajstić information content (AvgIpc) is 3.25. The van der Waals surface area contributed by atoms with E-state index in [0.29, 0.717) is 24.6 Å². The van der Waals surface area contributed by atoms with Gasteiger partial charge in [0, 0.05) is 44.5 Å². The van der Waals surface area contributed by atoms with E-state index in [9.17, 15) is 4.79 Å². The minimum absolute atomic E-state index is 0.0819. The highest BCUT2D eigenvalue weighted by Gasteiger charge is 2.39. The Labute approximate surface area is 170 Å². The number of hydrogen-bond donors (Lipinski definition) is 0. The number of hydrogen-bond acceptors (Lipinski definition) is 7. The average molecular weight is 400 g/mol. The van der Waals surface area contributed by atoms with Crippen molar-refractivity contribution in [1.29, 1.82) is 0 Å². The molecule has 4 rings (SSSR count). The number of pyridine rings is 1. The smallest absolute Gasteiger partial charge is 0.276 e. The van der Waals surface area contributed by atoms with Crippen LogP contribution in [0.2, 0.25) is 0 Å². The van der Waals surface area contributed by atoms with Crippen LogP contribution in [0.25, 0.3) is 0 Å². The zero-order chi connectivity index (χ0) is 20.2. The van der Waals surface area contributed by atoms with Crippen molar-refractivity contribution < 1.29 is 18.7 Å². The summed E-state index contributed by atoms with van der Waals surface area (Å²) in [6.07, 6.45) is 4.76. The monoisotopic (exact) mass is 400 g/mol. The van der Waals surface area contributed by atoms with Gasteiger partial charge < -0.3 is 18.8 Å². The van der Waals surface area contributed by atoms with Crippen LogP contribution in [0.1, 0.15) is 47.6 Å². The maximum Gasteiger partial charge on any atom is 0.276 e. The molecule has 0 bridgehead atoms. The van der Waals surface area contributed by atoms with E-state index in [4.69, 9.17) is 13.9 Å². The highest BCUT2D eigenvalue weighted by Crippen LogP contribution is 2.32. The molecular weight excluding hydrogens is 372 g/mol. The van der Waals surface area contributed by atoms with Crippen LogP contribution in [0.5, 0.6) is 0 Å². The number of amides is 1. The molecule has 2 aromatic heterocycles. The van der Waals surface area contributed by atoms with Crippen LogP contribution in [-0.4, -0.2) is 77.8 Å². The Morgan fingerprint density at radius 1 is 1.24 bits per heavy atom. The molecule has 0 spiro atoms. The molecule has 1 amide bonds. The summed E-state index contributed by atoms with van der Waals surface area (Å²) in [4.78, 5) is 26.2. The van der Waals surface area contributed by atoms with Crippen LogP contribution in [0, 0.1) is 0 Å². The van der Waals surface area contributed by atoms with Gasteiger partial charge in [-0.15, -0.1) is 0 Å². The van der Waals surface area contributed by atoms with E-state index in [1.165, 1.54) is 6.39 Å². The number of ether oxygens (including phenoxy) is 2. The summed E-state index contributed by atoms with van der Waals surface area (Å²) < 4.78 is 17.1. The molecule has 0 radical (unpaired) electrons. The quantitative estimate of drug-likeness (QED) is 0.760. The molecule has 2 aliphatic heterocycles. The molecule has 0 unspecified atom stereocenters. The van der Waals surface area contributed by atoms with Crippen molar-refractivity contribution in [2.24, 2.45) is 0 Å². The largest absolute Gasteiger partial charge is 0.447 e. The van der Waals surface area contributed by atoms with Gasteiger partial charge in [-0.25, -0.2) is 4.98 Å². The lowest BCUT2D eigenvalue weighted by Gasteiger charge is -2.43. The lowest BCUT2D eigenvalue weighted by Crippen LogP contribution is -2.53. The van der Waals surface area contributed by atoms with Crippen LogP contribution in [0.4, 0.5) is 0 Å². The van der Waals surface area contributed by atoms with Gasteiger partial charge in [-0.05, 0) is 11.6 Å². The zero-order valence-corrected chi connectivity index (χ0v) is 17.0. The summed E-state index contributed by atoms with van der Waals surface area (Å²) in [5, 5.41) is 0. The Hall–Kier alpha value is -2.29. The molecule has 8 heteroatoms. The maximum absolute atomic E-state index is 13.5. The Kier molecular flexibility index (Phi) is 6.22. The lowest BCUT2D eigenvalue weighted by molar-refractivity contribution is -0.0821. The van der Waals surface area contributed by atoms with E-state index < -0.39 is 0 Å². The van der Waals surface area contributed by atoms with Gasteiger partial charge in [-0.1, -0.05) is 19.9 Å². The second kappa shape index (κ2) is 9.02. The van der Waals surface area contributed by atoms with E-state index in [-0.39, 0.29) is 24.0 Å². The first-order valence-corrected chi connectivity index (χ1v) is 10.2. The molecule has 156 valence electrons. The van der Waals surface area contributed by atoms with E-state index >= 15 is 0 Å². The summed E-state index contributed by atoms with van der Waals surface area (Å²) in [6.45, 7) is 8.92. The first kappa shape index (κ1) is 20.0. The van der Waals surface area contributed by atoms with Gasteiger partial charge in [0.15, 0.2) is 12.1 Å². The van der Waals surface area contributed by atoms with Crippen LogP contribution in [0.3, 0.4) is 0 Å². The molecule has 8 nitrogen and oxygen atoms in total. The van der Waals surface area contributed by atoms with Crippen molar-refractivity contribution in [3.63, 3.8) is 0 Å². The second-order valence-corrected chi connectivity index (χ2v) is 7.77. The number of carbonyl (C=O) groups excluding carboxylic acids is 1. The fourth-order valence-corrected chi connectivity index (χ4v) is 4.06. The predicted molar refractivity (Wildman–Crippen MR) is 106 cm³/mol. The van der Waals surface area contributed by atoms with Gasteiger partial charge in [0.05, 0.1) is 32.0 Å². The van der Waals surface area contributed by atoms with Crippen LogP contribution >= 0.6 is 0 Å². The molecule has 2 aliphatic rings. The zero-order valence-electron chi connectivity index (χ0n) is 17.0. The Morgan fingerprint density at radius 3 is 2.79 bits per heavy atom. The van der Waals surface area contributed by atoms with Crippen molar-refractivity contribution in [2.75, 3.05) is 46.0 Å². The maximum atomic E-state index is 13.5. The number of morpholine rings is 2. The van der Waals surface area contributed by atoms with Crippen LogP contribution in [0.15, 0.2) is 35.3 Å². The number of carbonyl (C=O) groups is 1. The number of rotatable bonds is 5. The predicted octanol–water partition coefficient (Wildman–Crippen LogP) is 2.11. The second-order valence-electron chi connectivity index (χ2n) is 7.77. The van der Waals surface area contributed by atoms with Gasteiger partial charge >= 0.3 is 0 Å². The molecule has 0 N–H and O–H groups in total. The molecule has 2 atom stereocenters. The van der Waals surface area contributed by atoms with Crippen molar-refractivity contribution >= 4 is 5.91 Å². The fourth-order valence-electron chi connectivity index (χ4n) is 4.06. The standard InChI is InChI=1S/C21H28N4O4/c1-15(2)20-18(23-14-29-20)21(26)25-8-11-28-17(13-24-6-9-27-10-7-24)19(25)16-4-3-5-22-12-16/h3-5,12,14-15,17,19H,6-11,13H2,1-2H3/t17-,19-/m0/s1. The van der Waals surface area contributed by atoms with Gasteiger partial charge in [-0.3, -0.25) is 14.7 Å². The Balaban J connectivity index is 1.63. The van der Waals surface area contributed by atoms with Gasteiger partial charge in [-0.2, -0.15) is 0 Å². The highest BCUT2D eigenvalue weighted by molar-refractivity contribution is 5.93. The van der Waals surface area contributed by atoms with E-state index in [0.717, 1.165) is 38.4 Å². The topological polar surface area (TPSA) is 80.9 Å². The Bertz CT molecular complexity index is 804. The summed E-state index contributed by atoms with van der Waals surface area (Å²) in [5.41, 5.74) is 1.36. The minimum Gasteiger partial charge on any atom is -0.447 e. The first-order chi connectivity index (χ1) is 14.1. The molecule has 0 aromatic carbocycles. The van der Waals surface area contributed by atoms with E-state index in [2.05, 4.69) is 14.9 Å². The van der Waals surface area contributed by atoms with Gasteiger partial charge in [0.1, 0.15) is 5.76 Å². The summed E-state index contributed by atoms with van der Waals surface area (Å²) in [5.74, 6) is 0.584. The van der Waals surface area contributed by atoms with Crippen LogP contribution in [-0.2, 0) is 9.47 Å². The van der Waals surface area contributed by atoms with Crippen molar-refractivity contribution in [2.45, 2.75) is 31.9 Å². The molecule has 4 heterocycles. The van der Waals surface area contributed by atoms with Crippen molar-refractivity contribution in [3.05, 3.63) is 47.9 Å². The van der Waals surface area contributed by atoms with Crippen molar-refractivity contribution in [1.82, 2.24) is 19.8 Å². The summed E-state index contributed by atoms with van der Waals surface area (Å²) >= 11 is 0. The Morgan fingerprint density at radius 2 is 2.07 bits per heavy atom. The molecule has 29 heavy (non-hydrogen) atoms. The third kappa shape index (κ3) is 4.34. The number of nitrogens with zero attached hydrogens (tertiary/aromatic N) is 4. The highest BCUT2D eigenvalue weighted by atomic mass is 16.5. The fraction of sp³-hybridized carbons (Fsp3) is 0.571. The summed E-state index contributed by atoms with van der Waals surface area (Å²) in [7, 11) is 0. The molecule has 2 saturated heterocycles. The molecular formula is C21H28N4O4. The van der Waals surface area contributed by atoms with Gasteiger partial charge in [0.25, 0.3) is 5.91 Å². The third-order valence-corrected chi connectivity index (χ3v) is 5.50. The molecule has 2 aromatic rings. The normalized spacial score (nSPS) is 23.5. The number of aromatic nitrogens is 2. The molecule has 0 aliphatic carbocycles. The third-order valence-electron chi connectivity index (χ3n) is 5.50. The number of oxazole rings is 1. The van der Waals surface area contributed by atoms with Crippen molar-refractivity contribution in [3.8, 4) is 0 Å². The SMILES string of the molecule is CC(C)c1ocnc1C(=O)N1CCO[C@@H](CN2CCOCC2)[C@@H]1c1cccnc1. The summed E-state index contributed by atoms with van der Waals surface area (Å²) in [6, 6.07) is 3.67. The first-order valence-electron chi connectivity index (χ1n) is 10.2. The van der Waals surface area contributed by atoms with Gasteiger partial charge in [0.2, 0.25) is 0 Å².